The first-order chi connectivity index (χ1) is 9.33. The van der Waals surface area contributed by atoms with Crippen LogP contribution in [0.5, 0.6) is 0 Å². The molecule has 0 amide bonds. The minimum Gasteiger partial charge on any atom is -0.481 e. The molecule has 0 rings (SSSR count). The maximum absolute atomic E-state index is 11.8. The predicted octanol–water partition coefficient (Wildman–Crippen LogP) is 0.970. The molecule has 7 heteroatoms. The summed E-state index contributed by atoms with van der Waals surface area (Å²) < 4.78 is 5.65. The average Bonchev–Trinajstić information content (AvgIpc) is 2.22. The molecule has 7 nitrogen and oxygen atoms in total. The zero-order valence-electron chi connectivity index (χ0n) is 13.4. The Bertz CT molecular complexity index is 397. The lowest BCUT2D eigenvalue weighted by molar-refractivity contribution is -0.873. The summed E-state index contributed by atoms with van der Waals surface area (Å²) in [4.78, 5) is 33.5. The number of aliphatic carboxylic acids is 2. The molecule has 0 aromatic carbocycles. The van der Waals surface area contributed by atoms with E-state index in [1.807, 2.05) is 21.1 Å². The predicted molar refractivity (Wildman–Crippen MR) is 75.7 cm³/mol. The molecule has 1 atom stereocenters. The van der Waals surface area contributed by atoms with Gasteiger partial charge in [0.15, 0.2) is 6.10 Å². The van der Waals surface area contributed by atoms with Crippen molar-refractivity contribution in [3.63, 3.8) is 0 Å². The van der Waals surface area contributed by atoms with Gasteiger partial charge in [-0.15, -0.1) is 0 Å². The topological polar surface area (TPSA) is 101 Å². The first-order valence-electron chi connectivity index (χ1n) is 6.78. The molecule has 0 heterocycles. The molecule has 0 aliphatic carbocycles. The molecule has 1 unspecified atom stereocenters. The van der Waals surface area contributed by atoms with Gasteiger partial charge in [-0.25, -0.2) is 0 Å². The van der Waals surface area contributed by atoms with Gasteiger partial charge >= 0.3 is 17.9 Å². The van der Waals surface area contributed by atoms with Crippen LogP contribution in [0.2, 0.25) is 0 Å². The fourth-order valence-electron chi connectivity index (χ4n) is 1.72. The maximum Gasteiger partial charge on any atom is 0.309 e. The van der Waals surface area contributed by atoms with E-state index < -0.39 is 29.4 Å². The minimum absolute atomic E-state index is 0.0490. The highest BCUT2D eigenvalue weighted by Crippen LogP contribution is 2.23. The maximum atomic E-state index is 11.8. The van der Waals surface area contributed by atoms with Gasteiger partial charge in [0, 0.05) is 6.42 Å². The van der Waals surface area contributed by atoms with Crippen molar-refractivity contribution in [3.8, 4) is 0 Å². The van der Waals surface area contributed by atoms with Crippen molar-refractivity contribution in [2.45, 2.75) is 39.2 Å². The SMILES string of the molecule is CC(C)(CCC(=O)OC(CC(=O)O)C[N+](C)(C)C)C(=O)O. The number of likely N-dealkylation sites (N-methyl/N-ethyl adjacent to an activating group) is 1. The van der Waals surface area contributed by atoms with Crippen molar-refractivity contribution in [3.05, 3.63) is 0 Å². The zero-order chi connectivity index (χ0) is 16.8. The van der Waals surface area contributed by atoms with Crippen LogP contribution in [0, 0.1) is 5.41 Å². The molecule has 122 valence electrons. The van der Waals surface area contributed by atoms with E-state index in [0.717, 1.165) is 0 Å². The second-order valence-corrected chi connectivity index (χ2v) is 6.87. The van der Waals surface area contributed by atoms with E-state index in [2.05, 4.69) is 0 Å². The van der Waals surface area contributed by atoms with Crippen molar-refractivity contribution in [1.82, 2.24) is 0 Å². The number of quaternary nitrogens is 1. The van der Waals surface area contributed by atoms with E-state index in [-0.39, 0.29) is 19.3 Å². The number of carboxylic acid groups (broad SMARTS) is 2. The van der Waals surface area contributed by atoms with E-state index in [4.69, 9.17) is 14.9 Å². The molecule has 0 saturated carbocycles. The van der Waals surface area contributed by atoms with Crippen molar-refractivity contribution in [2.24, 2.45) is 5.41 Å². The van der Waals surface area contributed by atoms with E-state index in [1.165, 1.54) is 13.8 Å². The Morgan fingerprint density at radius 2 is 1.67 bits per heavy atom. The number of hydrogen-bond acceptors (Lipinski definition) is 4. The zero-order valence-corrected chi connectivity index (χ0v) is 13.4. The number of esters is 1. The summed E-state index contributed by atoms with van der Waals surface area (Å²) in [5, 5.41) is 17.8. The number of ether oxygens (including phenoxy) is 1. The van der Waals surface area contributed by atoms with Gasteiger partial charge in [-0.2, -0.15) is 0 Å². The molecule has 0 fully saturated rings. The van der Waals surface area contributed by atoms with Gasteiger partial charge in [-0.05, 0) is 20.3 Å². The number of rotatable bonds is 9. The lowest BCUT2D eigenvalue weighted by Crippen LogP contribution is -2.43. The Balaban J connectivity index is 4.53. The Labute approximate surface area is 125 Å². The molecule has 0 saturated heterocycles. The molecule has 0 bridgehead atoms. The van der Waals surface area contributed by atoms with Crippen LogP contribution in [0.25, 0.3) is 0 Å². The Morgan fingerprint density at radius 1 is 1.14 bits per heavy atom. The minimum atomic E-state index is -1.04. The quantitative estimate of drug-likeness (QED) is 0.486. The summed E-state index contributed by atoms with van der Waals surface area (Å²) in [6.07, 6.45) is -0.885. The molecule has 0 aliphatic heterocycles. The molecular weight excluding hydrogens is 278 g/mol. The van der Waals surface area contributed by atoms with Crippen LogP contribution in [0.15, 0.2) is 0 Å². The standard InChI is InChI=1S/C14H25NO6/c1-14(2,13(19)20)7-6-12(18)21-10(8-11(16)17)9-15(3,4)5/h10H,6-9H2,1-5H3,(H-,16,17,19,20)/p+1. The van der Waals surface area contributed by atoms with E-state index in [0.29, 0.717) is 11.0 Å². The van der Waals surface area contributed by atoms with Gasteiger partial charge in [0.05, 0.1) is 33.0 Å². The van der Waals surface area contributed by atoms with Crippen molar-refractivity contribution >= 4 is 17.9 Å². The van der Waals surface area contributed by atoms with Gasteiger partial charge in [0.2, 0.25) is 0 Å². The number of nitrogens with zero attached hydrogens (tertiary/aromatic N) is 1. The number of hydrogen-bond donors (Lipinski definition) is 2. The smallest absolute Gasteiger partial charge is 0.309 e. The molecule has 0 aliphatic rings. The third kappa shape index (κ3) is 9.01. The molecule has 0 spiro atoms. The number of carbonyl (C=O) groups is 3. The van der Waals surface area contributed by atoms with Crippen LogP contribution in [0.1, 0.15) is 33.1 Å². The third-order valence-electron chi connectivity index (χ3n) is 2.98. The van der Waals surface area contributed by atoms with Crippen LogP contribution >= 0.6 is 0 Å². The molecule has 21 heavy (non-hydrogen) atoms. The van der Waals surface area contributed by atoms with Gasteiger partial charge in [-0.1, -0.05) is 0 Å². The Hall–Kier alpha value is -1.63. The Kier molecular flexibility index (Phi) is 6.82. The van der Waals surface area contributed by atoms with E-state index in [1.54, 1.807) is 0 Å². The van der Waals surface area contributed by atoms with Crippen LogP contribution in [0.3, 0.4) is 0 Å². The van der Waals surface area contributed by atoms with Crippen molar-refractivity contribution in [2.75, 3.05) is 27.7 Å². The highest BCUT2D eigenvalue weighted by molar-refractivity contribution is 5.76. The van der Waals surface area contributed by atoms with Crippen LogP contribution in [-0.2, 0) is 19.1 Å². The summed E-state index contributed by atoms with van der Waals surface area (Å²) in [6, 6.07) is 0. The summed E-state index contributed by atoms with van der Waals surface area (Å²) in [6.45, 7) is 3.44. The lowest BCUT2D eigenvalue weighted by atomic mass is 9.88. The second kappa shape index (κ2) is 7.40. The van der Waals surface area contributed by atoms with Crippen molar-refractivity contribution < 1.29 is 33.8 Å². The molecule has 0 aromatic heterocycles. The first kappa shape index (κ1) is 19.4. The highest BCUT2D eigenvalue weighted by atomic mass is 16.5. The van der Waals surface area contributed by atoms with Crippen LogP contribution < -0.4 is 0 Å². The van der Waals surface area contributed by atoms with E-state index >= 15 is 0 Å². The summed E-state index contributed by atoms with van der Waals surface area (Å²) in [7, 11) is 5.61. The molecule has 2 N–H and O–H groups in total. The lowest BCUT2D eigenvalue weighted by Gasteiger charge is -2.28. The average molecular weight is 304 g/mol. The molecule has 0 radical (unpaired) electrons. The highest BCUT2D eigenvalue weighted by Gasteiger charge is 2.29. The van der Waals surface area contributed by atoms with E-state index in [9.17, 15) is 14.4 Å². The normalized spacial score (nSPS) is 13.6. The fraction of sp³-hybridized carbons (Fsp3) is 0.786. The second-order valence-electron chi connectivity index (χ2n) is 6.87. The largest absolute Gasteiger partial charge is 0.481 e. The number of carbonyl (C=O) groups excluding carboxylic acids is 1. The van der Waals surface area contributed by atoms with Gasteiger partial charge in [-0.3, -0.25) is 14.4 Å². The summed E-state index contributed by atoms with van der Waals surface area (Å²) >= 11 is 0. The summed E-state index contributed by atoms with van der Waals surface area (Å²) in [5.41, 5.74) is -1.01. The van der Waals surface area contributed by atoms with Crippen LogP contribution in [-0.4, -0.2) is 66.4 Å². The third-order valence-corrected chi connectivity index (χ3v) is 2.98. The van der Waals surface area contributed by atoms with Gasteiger partial charge in [0.25, 0.3) is 0 Å². The van der Waals surface area contributed by atoms with Crippen molar-refractivity contribution in [1.29, 1.82) is 0 Å². The summed E-state index contributed by atoms with van der Waals surface area (Å²) in [5.74, 6) is -2.58. The first-order valence-corrected chi connectivity index (χ1v) is 6.78. The fourth-order valence-corrected chi connectivity index (χ4v) is 1.72. The monoisotopic (exact) mass is 304 g/mol. The molecular formula is C14H26NO6+. The van der Waals surface area contributed by atoms with Crippen LogP contribution in [0.4, 0.5) is 0 Å². The molecule has 0 aromatic rings. The van der Waals surface area contributed by atoms with Gasteiger partial charge in [0.1, 0.15) is 6.54 Å². The van der Waals surface area contributed by atoms with Gasteiger partial charge < -0.3 is 19.4 Å². The number of carboxylic acids is 2. The Morgan fingerprint density at radius 3 is 2.05 bits per heavy atom.